The normalized spacial score (nSPS) is 11.0. The first-order valence-electron chi connectivity index (χ1n) is 14.4. The number of rotatable bonds is 12. The second kappa shape index (κ2) is 14.7. The Labute approximate surface area is 262 Å². The predicted octanol–water partition coefficient (Wildman–Crippen LogP) is 4.54. The molecule has 12 nitrogen and oxygen atoms in total. The standard InChI is InChI=1S/C33H38N8O4/c1-21(2)37-30(34)13-14-35-32(43)28-16-26(20-40(28)3)39-33(44)29-17-25(19-41(29)4)38-31(42)23-10-12-24(36-18-23)11-9-22-7-6-8-27(15-22)45-5/h6-12,15-21H,13-14H2,1-5H3,(H2,34,37)(H,35,43)(H,38,42)(H,39,44)/b11-9+. The van der Waals surface area contributed by atoms with Crippen molar-refractivity contribution in [2.24, 2.45) is 14.1 Å². The van der Waals surface area contributed by atoms with Crippen LogP contribution in [0.1, 0.15) is 62.9 Å². The van der Waals surface area contributed by atoms with Crippen LogP contribution in [0.4, 0.5) is 11.4 Å². The lowest BCUT2D eigenvalue weighted by atomic mass is 10.1. The van der Waals surface area contributed by atoms with Crippen molar-refractivity contribution in [3.8, 4) is 5.75 Å². The number of nitrogens with one attached hydrogen (secondary N) is 5. The molecule has 4 rings (SSSR count). The summed E-state index contributed by atoms with van der Waals surface area (Å²) in [5, 5.41) is 19.3. The molecule has 1 aromatic carbocycles. The van der Waals surface area contributed by atoms with Crippen molar-refractivity contribution in [2.75, 3.05) is 24.3 Å². The van der Waals surface area contributed by atoms with Crippen molar-refractivity contribution in [2.45, 2.75) is 26.3 Å². The zero-order chi connectivity index (χ0) is 32.5. The number of amidine groups is 1. The van der Waals surface area contributed by atoms with Crippen LogP contribution in [0.25, 0.3) is 12.2 Å². The zero-order valence-corrected chi connectivity index (χ0v) is 26.0. The summed E-state index contributed by atoms with van der Waals surface area (Å²) in [6.07, 6.45) is 8.92. The molecule has 45 heavy (non-hydrogen) atoms. The molecule has 234 valence electrons. The van der Waals surface area contributed by atoms with E-state index in [2.05, 4.69) is 26.3 Å². The van der Waals surface area contributed by atoms with E-state index in [1.807, 2.05) is 50.3 Å². The minimum atomic E-state index is -0.405. The number of anilines is 2. The van der Waals surface area contributed by atoms with Crippen LogP contribution in [0.3, 0.4) is 0 Å². The maximum absolute atomic E-state index is 13.1. The summed E-state index contributed by atoms with van der Waals surface area (Å²) < 4.78 is 8.47. The molecule has 3 amide bonds. The van der Waals surface area contributed by atoms with Gasteiger partial charge in [0.2, 0.25) is 0 Å². The lowest BCUT2D eigenvalue weighted by Gasteiger charge is -2.11. The summed E-state index contributed by atoms with van der Waals surface area (Å²) in [4.78, 5) is 42.9. The molecule has 0 aliphatic heterocycles. The van der Waals surface area contributed by atoms with Crippen molar-refractivity contribution in [1.29, 1.82) is 5.41 Å². The molecule has 0 radical (unpaired) electrons. The molecular weight excluding hydrogens is 572 g/mol. The van der Waals surface area contributed by atoms with E-state index < -0.39 is 5.91 Å². The molecule has 0 saturated heterocycles. The summed E-state index contributed by atoms with van der Waals surface area (Å²) in [7, 11) is 5.03. The molecule has 0 bridgehead atoms. The van der Waals surface area contributed by atoms with Gasteiger partial charge in [-0.05, 0) is 61.9 Å². The molecule has 12 heteroatoms. The topological polar surface area (TPSA) is 155 Å². The highest BCUT2D eigenvalue weighted by molar-refractivity contribution is 6.07. The van der Waals surface area contributed by atoms with Crippen LogP contribution in [0.5, 0.6) is 5.75 Å². The Morgan fingerprint density at radius 3 is 2.20 bits per heavy atom. The number of ether oxygens (including phenoxy) is 1. The first-order chi connectivity index (χ1) is 21.5. The van der Waals surface area contributed by atoms with Crippen LogP contribution in [-0.2, 0) is 14.1 Å². The summed E-state index contributed by atoms with van der Waals surface area (Å²) >= 11 is 0. The van der Waals surface area contributed by atoms with Gasteiger partial charge in [0.1, 0.15) is 17.1 Å². The van der Waals surface area contributed by atoms with Crippen molar-refractivity contribution in [3.05, 3.63) is 95.3 Å². The van der Waals surface area contributed by atoms with E-state index in [1.165, 1.54) is 6.20 Å². The van der Waals surface area contributed by atoms with Gasteiger partial charge in [0, 0.05) is 51.7 Å². The SMILES string of the molecule is COc1cccc(/C=C/c2ccc(C(=O)Nc3cc(C(=O)Nc4cc(C(=O)NCCC(=N)NC(C)C)n(C)c4)n(C)c3)cn2)c1. The first kappa shape index (κ1) is 32.3. The fourth-order valence-electron chi connectivity index (χ4n) is 4.49. The minimum absolute atomic E-state index is 0.151. The van der Waals surface area contributed by atoms with Crippen LogP contribution in [0.15, 0.2) is 67.1 Å². The largest absolute Gasteiger partial charge is 0.497 e. The summed E-state index contributed by atoms with van der Waals surface area (Å²) in [5.41, 5.74) is 3.58. The van der Waals surface area contributed by atoms with Crippen LogP contribution in [0, 0.1) is 5.41 Å². The monoisotopic (exact) mass is 610 g/mol. The van der Waals surface area contributed by atoms with E-state index in [0.29, 0.717) is 52.8 Å². The van der Waals surface area contributed by atoms with Gasteiger partial charge in [-0.3, -0.25) is 24.8 Å². The molecule has 5 N–H and O–H groups in total. The molecule has 0 saturated carbocycles. The van der Waals surface area contributed by atoms with Gasteiger partial charge in [0.05, 0.1) is 35.6 Å². The number of carbonyl (C=O) groups is 3. The average Bonchev–Trinajstić information content (AvgIpc) is 3.56. The fourth-order valence-corrected chi connectivity index (χ4v) is 4.49. The summed E-state index contributed by atoms with van der Waals surface area (Å²) in [5.74, 6) is 0.0360. The van der Waals surface area contributed by atoms with Gasteiger partial charge < -0.3 is 35.1 Å². The second-order valence-corrected chi connectivity index (χ2v) is 10.7. The van der Waals surface area contributed by atoms with Crippen LogP contribution in [-0.4, -0.2) is 57.4 Å². The van der Waals surface area contributed by atoms with E-state index in [4.69, 9.17) is 10.1 Å². The fraction of sp³-hybridized carbons (Fsp3) is 0.242. The Balaban J connectivity index is 1.32. The lowest BCUT2D eigenvalue weighted by Crippen LogP contribution is -2.34. The zero-order valence-electron chi connectivity index (χ0n) is 26.0. The molecule has 0 aliphatic carbocycles. The maximum Gasteiger partial charge on any atom is 0.272 e. The smallest absolute Gasteiger partial charge is 0.272 e. The number of amides is 3. The van der Waals surface area contributed by atoms with Gasteiger partial charge in [-0.2, -0.15) is 0 Å². The Morgan fingerprint density at radius 1 is 0.911 bits per heavy atom. The molecule has 3 heterocycles. The first-order valence-corrected chi connectivity index (χ1v) is 14.4. The van der Waals surface area contributed by atoms with Gasteiger partial charge in [-0.15, -0.1) is 0 Å². The minimum Gasteiger partial charge on any atom is -0.497 e. The number of methoxy groups -OCH3 is 1. The number of benzene rings is 1. The van der Waals surface area contributed by atoms with Crippen LogP contribution >= 0.6 is 0 Å². The summed E-state index contributed by atoms with van der Waals surface area (Å²) in [6.45, 7) is 4.20. The van der Waals surface area contributed by atoms with Crippen molar-refractivity contribution in [1.82, 2.24) is 24.8 Å². The highest BCUT2D eigenvalue weighted by Crippen LogP contribution is 2.19. The van der Waals surface area contributed by atoms with E-state index in [-0.39, 0.29) is 17.9 Å². The Bertz CT molecular complexity index is 1720. The van der Waals surface area contributed by atoms with E-state index >= 15 is 0 Å². The molecule has 3 aromatic heterocycles. The quantitative estimate of drug-likeness (QED) is 0.117. The number of aromatic nitrogens is 3. The predicted molar refractivity (Wildman–Crippen MR) is 176 cm³/mol. The van der Waals surface area contributed by atoms with Crippen molar-refractivity contribution < 1.29 is 19.1 Å². The third kappa shape index (κ3) is 8.92. The van der Waals surface area contributed by atoms with E-state index in [9.17, 15) is 14.4 Å². The number of carbonyl (C=O) groups excluding carboxylic acids is 3. The van der Waals surface area contributed by atoms with Gasteiger partial charge >= 0.3 is 0 Å². The number of hydrogen-bond donors (Lipinski definition) is 5. The van der Waals surface area contributed by atoms with Crippen molar-refractivity contribution >= 4 is 47.1 Å². The number of hydrogen-bond acceptors (Lipinski definition) is 6. The molecular formula is C33H38N8O4. The molecule has 0 unspecified atom stereocenters. The van der Waals surface area contributed by atoms with E-state index in [1.54, 1.807) is 67.0 Å². The number of pyridine rings is 1. The summed E-state index contributed by atoms with van der Waals surface area (Å²) in [6, 6.07) is 14.4. The van der Waals surface area contributed by atoms with Gasteiger partial charge in [0.15, 0.2) is 0 Å². The molecule has 0 fully saturated rings. The molecule has 0 spiro atoms. The van der Waals surface area contributed by atoms with Gasteiger partial charge in [-0.1, -0.05) is 18.2 Å². The van der Waals surface area contributed by atoms with E-state index in [0.717, 1.165) is 11.3 Å². The van der Waals surface area contributed by atoms with Gasteiger partial charge in [-0.25, -0.2) is 0 Å². The van der Waals surface area contributed by atoms with Gasteiger partial charge in [0.25, 0.3) is 17.7 Å². The highest BCUT2D eigenvalue weighted by atomic mass is 16.5. The average molecular weight is 611 g/mol. The van der Waals surface area contributed by atoms with Crippen LogP contribution in [0.2, 0.25) is 0 Å². The number of nitrogens with zero attached hydrogens (tertiary/aromatic N) is 3. The third-order valence-electron chi connectivity index (χ3n) is 6.70. The molecule has 0 aliphatic rings. The molecule has 4 aromatic rings. The number of aryl methyl sites for hydroxylation is 2. The molecule has 0 atom stereocenters. The maximum atomic E-state index is 13.1. The van der Waals surface area contributed by atoms with Crippen LogP contribution < -0.4 is 26.0 Å². The Kier molecular flexibility index (Phi) is 10.5. The Morgan fingerprint density at radius 2 is 1.58 bits per heavy atom. The van der Waals surface area contributed by atoms with Crippen molar-refractivity contribution in [3.63, 3.8) is 0 Å². The highest BCUT2D eigenvalue weighted by Gasteiger charge is 2.17. The Hall–Kier alpha value is -5.65. The third-order valence-corrected chi connectivity index (χ3v) is 6.70. The second-order valence-electron chi connectivity index (χ2n) is 10.7. The lowest BCUT2D eigenvalue weighted by molar-refractivity contribution is 0.0945.